The van der Waals surface area contributed by atoms with Gasteiger partial charge < -0.3 is 10.8 Å². The quantitative estimate of drug-likeness (QED) is 0.389. The number of nitrogen functional groups attached to an aromatic ring is 1. The number of nitrogens with two attached hydrogens (primary N) is 1. The van der Waals surface area contributed by atoms with Gasteiger partial charge in [0.1, 0.15) is 5.75 Å². The van der Waals surface area contributed by atoms with E-state index in [1.807, 2.05) is 18.2 Å². The lowest BCUT2D eigenvalue weighted by Crippen LogP contribution is -2.09. The number of aromatic hydroxyl groups is 1. The van der Waals surface area contributed by atoms with Crippen LogP contribution in [0, 0.1) is 0 Å². The van der Waals surface area contributed by atoms with Crippen LogP contribution in [0.5, 0.6) is 5.75 Å². The second kappa shape index (κ2) is 5.57. The third-order valence-electron chi connectivity index (χ3n) is 3.09. The first kappa shape index (κ1) is 13.8. The first-order valence-corrected chi connectivity index (χ1v) is 6.20. The van der Waals surface area contributed by atoms with Gasteiger partial charge in [-0.05, 0) is 25.1 Å². The minimum Gasteiger partial charge on any atom is -0.506 e. The van der Waals surface area contributed by atoms with E-state index in [1.54, 1.807) is 25.2 Å². The third-order valence-corrected chi connectivity index (χ3v) is 3.09. The number of hydrogen-bond acceptors (Lipinski definition) is 4. The van der Waals surface area contributed by atoms with E-state index < -0.39 is 0 Å². The van der Waals surface area contributed by atoms with Crippen molar-refractivity contribution in [3.05, 3.63) is 59.2 Å². The Morgan fingerprint density at radius 3 is 2.35 bits per heavy atom. The van der Waals surface area contributed by atoms with Crippen LogP contribution in [0.25, 0.3) is 0 Å². The summed E-state index contributed by atoms with van der Waals surface area (Å²) in [6, 6.07) is 12.2. The summed E-state index contributed by atoms with van der Waals surface area (Å²) in [6.45, 7) is 1.53. The molecule has 0 saturated heterocycles. The Morgan fingerprint density at radius 1 is 1.15 bits per heavy atom. The van der Waals surface area contributed by atoms with Crippen molar-refractivity contribution in [2.75, 3.05) is 12.8 Å². The van der Waals surface area contributed by atoms with Crippen molar-refractivity contribution < 1.29 is 9.90 Å². The van der Waals surface area contributed by atoms with Gasteiger partial charge in [0.2, 0.25) is 0 Å². The molecule has 0 aliphatic carbocycles. The van der Waals surface area contributed by atoms with Crippen molar-refractivity contribution in [3.8, 4) is 5.75 Å². The van der Waals surface area contributed by atoms with Gasteiger partial charge in [0, 0.05) is 23.7 Å². The molecule has 2 aromatic rings. The topological polar surface area (TPSA) is 75.7 Å². The van der Waals surface area contributed by atoms with Crippen molar-refractivity contribution in [3.63, 3.8) is 0 Å². The molecule has 0 unspecified atom stereocenters. The van der Waals surface area contributed by atoms with Crippen molar-refractivity contribution in [2.24, 2.45) is 4.99 Å². The zero-order valence-electron chi connectivity index (χ0n) is 11.4. The third kappa shape index (κ3) is 2.54. The largest absolute Gasteiger partial charge is 0.506 e. The molecule has 0 heterocycles. The van der Waals surface area contributed by atoms with Gasteiger partial charge in [0.25, 0.3) is 0 Å². The lowest BCUT2D eigenvalue weighted by Gasteiger charge is -2.11. The molecule has 3 N–H and O–H groups in total. The van der Waals surface area contributed by atoms with E-state index in [0.717, 1.165) is 11.1 Å². The number of hydrogen-bond donors (Lipinski definition) is 2. The van der Waals surface area contributed by atoms with E-state index in [2.05, 4.69) is 4.99 Å². The Bertz CT molecular complexity index is 691. The second-order valence-corrected chi connectivity index (χ2v) is 4.45. The van der Waals surface area contributed by atoms with E-state index in [-0.39, 0.29) is 17.2 Å². The summed E-state index contributed by atoms with van der Waals surface area (Å²) in [6.07, 6.45) is 0. The average molecular weight is 268 g/mol. The maximum absolute atomic E-state index is 11.7. The predicted molar refractivity (Wildman–Crippen MR) is 80.5 cm³/mol. The highest BCUT2D eigenvalue weighted by atomic mass is 16.3. The normalized spacial score (nSPS) is 11.4. The van der Waals surface area contributed by atoms with Crippen molar-refractivity contribution in [2.45, 2.75) is 6.92 Å². The highest BCUT2D eigenvalue weighted by Crippen LogP contribution is 2.23. The molecule has 0 radical (unpaired) electrons. The zero-order valence-corrected chi connectivity index (χ0v) is 11.4. The Balaban J connectivity index is 2.59. The van der Waals surface area contributed by atoms with Gasteiger partial charge in [-0.2, -0.15) is 0 Å². The van der Waals surface area contributed by atoms with Crippen LogP contribution in [-0.2, 0) is 0 Å². The smallest absolute Gasteiger partial charge is 0.160 e. The minimum atomic E-state index is -0.0199. The molecule has 0 amide bonds. The lowest BCUT2D eigenvalue weighted by molar-refractivity contribution is 0.101. The summed E-state index contributed by atoms with van der Waals surface area (Å²) in [5.41, 5.74) is 8.80. The highest BCUT2D eigenvalue weighted by Gasteiger charge is 2.14. The Labute approximate surface area is 117 Å². The maximum atomic E-state index is 11.7. The maximum Gasteiger partial charge on any atom is 0.160 e. The number of aliphatic imine (C=N–C) groups is 1. The fourth-order valence-corrected chi connectivity index (χ4v) is 2.10. The predicted octanol–water partition coefficient (Wildman–Crippen LogP) is 2.64. The molecule has 0 aliphatic heterocycles. The van der Waals surface area contributed by atoms with Crippen LogP contribution in [0.4, 0.5) is 5.69 Å². The van der Waals surface area contributed by atoms with Crippen LogP contribution in [0.2, 0.25) is 0 Å². The molecule has 0 fully saturated rings. The van der Waals surface area contributed by atoms with Gasteiger partial charge in [-0.15, -0.1) is 0 Å². The Hall–Kier alpha value is -2.62. The molecule has 0 saturated carbocycles. The van der Waals surface area contributed by atoms with Crippen molar-refractivity contribution in [1.82, 2.24) is 0 Å². The number of Topliss-reactive ketones (excluding diaryl/α,β-unsaturated/α-hetero) is 1. The van der Waals surface area contributed by atoms with Gasteiger partial charge in [-0.1, -0.05) is 24.3 Å². The van der Waals surface area contributed by atoms with Gasteiger partial charge in [0.15, 0.2) is 5.78 Å². The van der Waals surface area contributed by atoms with Crippen LogP contribution >= 0.6 is 0 Å². The number of carbonyl (C=O) groups excluding carboxylic acids is 1. The lowest BCUT2D eigenvalue weighted by atomic mass is 9.95. The first-order chi connectivity index (χ1) is 9.54. The minimum absolute atomic E-state index is 0.0199. The Morgan fingerprint density at radius 2 is 1.80 bits per heavy atom. The van der Waals surface area contributed by atoms with E-state index in [9.17, 15) is 9.90 Å². The molecule has 4 nitrogen and oxygen atoms in total. The molecule has 0 aliphatic rings. The highest BCUT2D eigenvalue weighted by molar-refractivity contribution is 6.18. The van der Waals surface area contributed by atoms with Gasteiger partial charge >= 0.3 is 0 Å². The number of nitrogens with zero attached hydrogens (tertiary/aromatic N) is 1. The molecule has 0 spiro atoms. The summed E-state index contributed by atoms with van der Waals surface area (Å²) in [5.74, 6) is 0.0116. The summed E-state index contributed by atoms with van der Waals surface area (Å²) < 4.78 is 0. The van der Waals surface area contributed by atoms with E-state index in [0.29, 0.717) is 11.3 Å². The summed E-state index contributed by atoms with van der Waals surface area (Å²) in [7, 11) is 1.66. The van der Waals surface area contributed by atoms with E-state index in [1.165, 1.54) is 13.0 Å². The van der Waals surface area contributed by atoms with Crippen LogP contribution in [0.1, 0.15) is 28.4 Å². The second-order valence-electron chi connectivity index (χ2n) is 4.45. The monoisotopic (exact) mass is 268 g/mol. The number of anilines is 1. The van der Waals surface area contributed by atoms with Crippen LogP contribution in [0.3, 0.4) is 0 Å². The number of phenols is 1. The standard InChI is InChI=1S/C16H16N2O2/c1-10(19)12-5-3-4-6-13(12)16(18-2)11-7-8-15(20)14(17)9-11/h3-9,20H,17H2,1-2H3. The van der Waals surface area contributed by atoms with Gasteiger partial charge in [-0.25, -0.2) is 0 Å². The van der Waals surface area contributed by atoms with E-state index in [4.69, 9.17) is 5.73 Å². The summed E-state index contributed by atoms with van der Waals surface area (Å²) in [5, 5.41) is 9.49. The number of rotatable bonds is 3. The average Bonchev–Trinajstić information content (AvgIpc) is 2.44. The molecule has 102 valence electrons. The molecule has 0 bridgehead atoms. The van der Waals surface area contributed by atoms with E-state index >= 15 is 0 Å². The molecule has 0 aromatic heterocycles. The number of phenolic OH excluding ortho intramolecular Hbond substituents is 1. The molecule has 2 rings (SSSR count). The molecule has 4 heteroatoms. The van der Waals surface area contributed by atoms with Crippen molar-refractivity contribution in [1.29, 1.82) is 0 Å². The molecular weight excluding hydrogens is 252 g/mol. The summed E-state index contributed by atoms with van der Waals surface area (Å²) >= 11 is 0. The van der Waals surface area contributed by atoms with Gasteiger partial charge in [-0.3, -0.25) is 9.79 Å². The number of ketones is 1. The van der Waals surface area contributed by atoms with Crippen molar-refractivity contribution >= 4 is 17.2 Å². The number of carbonyl (C=O) groups is 1. The van der Waals surface area contributed by atoms with Crippen LogP contribution in [-0.4, -0.2) is 23.6 Å². The first-order valence-electron chi connectivity index (χ1n) is 6.20. The SMILES string of the molecule is CN=C(c1ccc(O)c(N)c1)c1ccccc1C(C)=O. The molecule has 20 heavy (non-hydrogen) atoms. The molecular formula is C16H16N2O2. The van der Waals surface area contributed by atoms with Crippen LogP contribution in [0.15, 0.2) is 47.5 Å². The molecule has 0 atom stereocenters. The zero-order chi connectivity index (χ0) is 14.7. The molecule has 2 aromatic carbocycles. The number of benzene rings is 2. The fraction of sp³-hybridized carbons (Fsp3) is 0.125. The fourth-order valence-electron chi connectivity index (χ4n) is 2.10. The van der Waals surface area contributed by atoms with Gasteiger partial charge in [0.05, 0.1) is 11.4 Å². The van der Waals surface area contributed by atoms with Crippen LogP contribution < -0.4 is 5.73 Å². The Kier molecular flexibility index (Phi) is 3.84. The summed E-state index contributed by atoms with van der Waals surface area (Å²) in [4.78, 5) is 16.0.